The van der Waals surface area contributed by atoms with Crippen LogP contribution in [0.4, 0.5) is 11.5 Å². The molecule has 3 aromatic rings. The third-order valence-corrected chi connectivity index (χ3v) is 4.33. The van der Waals surface area contributed by atoms with Crippen LogP contribution in [0.25, 0.3) is 0 Å². The molecule has 0 saturated heterocycles. The van der Waals surface area contributed by atoms with E-state index in [9.17, 15) is 4.79 Å². The summed E-state index contributed by atoms with van der Waals surface area (Å²) < 4.78 is 5.46. The Kier molecular flexibility index (Phi) is 6.87. The molecule has 0 radical (unpaired) electrons. The maximum absolute atomic E-state index is 12.0. The predicted octanol–water partition coefficient (Wildman–Crippen LogP) is 4.72. The maximum Gasteiger partial charge on any atom is 0.263 e. The summed E-state index contributed by atoms with van der Waals surface area (Å²) >= 11 is 5.89. The van der Waals surface area contributed by atoms with Gasteiger partial charge in [-0.3, -0.25) is 4.79 Å². The lowest BCUT2D eigenvalue weighted by Gasteiger charge is -2.09. The summed E-state index contributed by atoms with van der Waals surface area (Å²) in [7, 11) is 0. The van der Waals surface area contributed by atoms with Crippen LogP contribution in [-0.4, -0.2) is 24.0 Å². The second kappa shape index (κ2) is 9.76. The van der Waals surface area contributed by atoms with Gasteiger partial charge in [0.1, 0.15) is 11.6 Å². The number of carbonyl (C=O) groups is 1. The highest BCUT2D eigenvalue weighted by Crippen LogP contribution is 2.13. The van der Waals surface area contributed by atoms with Crippen LogP contribution < -0.4 is 15.4 Å². The first-order chi connectivity index (χ1) is 13.6. The minimum absolute atomic E-state index is 0.0637. The van der Waals surface area contributed by atoms with Gasteiger partial charge in [-0.1, -0.05) is 41.4 Å². The number of anilines is 2. The fourth-order valence-electron chi connectivity index (χ4n) is 2.54. The molecular weight excluding hydrogens is 374 g/mol. The van der Waals surface area contributed by atoms with Crippen LogP contribution in [0.5, 0.6) is 5.75 Å². The molecule has 2 N–H and O–H groups in total. The van der Waals surface area contributed by atoms with E-state index < -0.39 is 0 Å². The zero-order chi connectivity index (χ0) is 19.8. The van der Waals surface area contributed by atoms with Gasteiger partial charge in [0, 0.05) is 11.6 Å². The number of ether oxygens (including phenoxy) is 1. The molecule has 0 saturated carbocycles. The van der Waals surface area contributed by atoms with Crippen molar-refractivity contribution in [3.8, 4) is 5.75 Å². The Morgan fingerprint density at radius 1 is 1.04 bits per heavy atom. The molecule has 0 aliphatic carbocycles. The molecule has 28 heavy (non-hydrogen) atoms. The second-order valence-corrected chi connectivity index (χ2v) is 6.82. The van der Waals surface area contributed by atoms with E-state index in [0.29, 0.717) is 11.6 Å². The number of rotatable bonds is 8. The summed E-state index contributed by atoms with van der Waals surface area (Å²) in [6, 6.07) is 19.0. The van der Waals surface area contributed by atoms with Crippen LogP contribution in [0.2, 0.25) is 5.02 Å². The summed E-state index contributed by atoms with van der Waals surface area (Å²) in [5.41, 5.74) is 3.24. The van der Waals surface area contributed by atoms with Gasteiger partial charge >= 0.3 is 0 Å². The fraction of sp³-hybridized carbons (Fsp3) is 0.182. The number of aryl methyl sites for hydroxylation is 1. The second-order valence-electron chi connectivity index (χ2n) is 6.39. The van der Waals surface area contributed by atoms with Crippen LogP contribution in [0.3, 0.4) is 0 Å². The van der Waals surface area contributed by atoms with Crippen molar-refractivity contribution in [3.05, 3.63) is 83.0 Å². The van der Waals surface area contributed by atoms with Crippen molar-refractivity contribution in [2.24, 2.45) is 0 Å². The standard InChI is InChI=1S/C22H22ClN3O2/c1-16-2-9-20(10-3-16)28-15-22(27)26-21-11-8-19(14-25-21)24-13-12-17-4-6-18(23)7-5-17/h2-11,14,24H,12-13,15H2,1H3,(H,25,26,27). The van der Waals surface area contributed by atoms with E-state index in [1.54, 1.807) is 12.3 Å². The Bertz CT molecular complexity index is 895. The van der Waals surface area contributed by atoms with Crippen molar-refractivity contribution in [1.82, 2.24) is 4.98 Å². The van der Waals surface area contributed by atoms with Gasteiger partial charge in [-0.15, -0.1) is 0 Å². The van der Waals surface area contributed by atoms with E-state index in [2.05, 4.69) is 15.6 Å². The van der Waals surface area contributed by atoms with Gasteiger partial charge in [-0.05, 0) is 55.3 Å². The highest BCUT2D eigenvalue weighted by Gasteiger charge is 2.05. The van der Waals surface area contributed by atoms with Crippen molar-refractivity contribution in [2.75, 3.05) is 23.8 Å². The molecule has 0 aliphatic heterocycles. The lowest BCUT2D eigenvalue weighted by molar-refractivity contribution is -0.118. The van der Waals surface area contributed by atoms with Gasteiger partial charge < -0.3 is 15.4 Å². The number of pyridine rings is 1. The van der Waals surface area contributed by atoms with E-state index in [-0.39, 0.29) is 12.5 Å². The minimum Gasteiger partial charge on any atom is -0.484 e. The number of nitrogens with one attached hydrogen (secondary N) is 2. The van der Waals surface area contributed by atoms with E-state index in [4.69, 9.17) is 16.3 Å². The number of nitrogens with zero attached hydrogens (tertiary/aromatic N) is 1. The summed E-state index contributed by atoms with van der Waals surface area (Å²) in [6.45, 7) is 2.71. The van der Waals surface area contributed by atoms with Crippen molar-refractivity contribution in [1.29, 1.82) is 0 Å². The van der Waals surface area contributed by atoms with E-state index in [1.165, 1.54) is 5.56 Å². The molecule has 0 fully saturated rings. The largest absolute Gasteiger partial charge is 0.484 e. The van der Waals surface area contributed by atoms with Crippen LogP contribution in [0, 0.1) is 6.92 Å². The van der Waals surface area contributed by atoms with Gasteiger partial charge in [0.05, 0.1) is 11.9 Å². The van der Waals surface area contributed by atoms with E-state index in [0.717, 1.165) is 29.2 Å². The molecule has 1 amide bonds. The van der Waals surface area contributed by atoms with Crippen molar-refractivity contribution in [2.45, 2.75) is 13.3 Å². The maximum atomic E-state index is 12.0. The van der Waals surface area contributed by atoms with Crippen molar-refractivity contribution in [3.63, 3.8) is 0 Å². The molecule has 0 spiro atoms. The number of carbonyl (C=O) groups excluding carboxylic acids is 1. The number of hydrogen-bond acceptors (Lipinski definition) is 4. The molecule has 1 heterocycles. The number of amides is 1. The first kappa shape index (κ1) is 19.7. The average Bonchev–Trinajstić information content (AvgIpc) is 2.70. The lowest BCUT2D eigenvalue weighted by Crippen LogP contribution is -2.20. The molecule has 3 rings (SSSR count). The number of halogens is 1. The molecule has 0 unspecified atom stereocenters. The van der Waals surface area contributed by atoms with Gasteiger partial charge in [0.25, 0.3) is 5.91 Å². The molecule has 144 valence electrons. The molecule has 5 nitrogen and oxygen atoms in total. The number of aromatic nitrogens is 1. The normalized spacial score (nSPS) is 10.4. The van der Waals surface area contributed by atoms with Crippen LogP contribution in [0.15, 0.2) is 66.9 Å². The number of benzene rings is 2. The molecule has 6 heteroatoms. The SMILES string of the molecule is Cc1ccc(OCC(=O)Nc2ccc(NCCc3ccc(Cl)cc3)cn2)cc1. The first-order valence-corrected chi connectivity index (χ1v) is 9.40. The molecule has 2 aromatic carbocycles. The van der Waals surface area contributed by atoms with E-state index in [1.807, 2.05) is 61.5 Å². The molecular formula is C22H22ClN3O2. The Morgan fingerprint density at radius 2 is 1.79 bits per heavy atom. The molecule has 0 aliphatic rings. The third-order valence-electron chi connectivity index (χ3n) is 4.08. The van der Waals surface area contributed by atoms with Gasteiger partial charge in [-0.2, -0.15) is 0 Å². The fourth-order valence-corrected chi connectivity index (χ4v) is 2.66. The number of hydrogen-bond donors (Lipinski definition) is 2. The highest BCUT2D eigenvalue weighted by molar-refractivity contribution is 6.30. The Morgan fingerprint density at radius 3 is 2.46 bits per heavy atom. The quantitative estimate of drug-likeness (QED) is 0.579. The molecule has 1 aromatic heterocycles. The van der Waals surface area contributed by atoms with Gasteiger partial charge in [0.2, 0.25) is 0 Å². The zero-order valence-electron chi connectivity index (χ0n) is 15.6. The molecule has 0 bridgehead atoms. The van der Waals surface area contributed by atoms with E-state index >= 15 is 0 Å². The first-order valence-electron chi connectivity index (χ1n) is 9.02. The van der Waals surface area contributed by atoms with Gasteiger partial charge in [0.15, 0.2) is 6.61 Å². The minimum atomic E-state index is -0.253. The van der Waals surface area contributed by atoms with Crippen LogP contribution in [0.1, 0.15) is 11.1 Å². The highest BCUT2D eigenvalue weighted by atomic mass is 35.5. The van der Waals surface area contributed by atoms with Crippen LogP contribution >= 0.6 is 11.6 Å². The topological polar surface area (TPSA) is 63.2 Å². The molecule has 0 atom stereocenters. The Hall–Kier alpha value is -3.05. The summed E-state index contributed by atoms with van der Waals surface area (Å²) in [6.07, 6.45) is 2.57. The van der Waals surface area contributed by atoms with Crippen LogP contribution in [-0.2, 0) is 11.2 Å². The third kappa shape index (κ3) is 6.28. The van der Waals surface area contributed by atoms with Crippen molar-refractivity contribution >= 4 is 29.0 Å². The van der Waals surface area contributed by atoms with Gasteiger partial charge in [-0.25, -0.2) is 4.98 Å². The predicted molar refractivity (Wildman–Crippen MR) is 113 cm³/mol. The van der Waals surface area contributed by atoms with Crippen molar-refractivity contribution < 1.29 is 9.53 Å². The zero-order valence-corrected chi connectivity index (χ0v) is 16.4. The monoisotopic (exact) mass is 395 g/mol. The average molecular weight is 396 g/mol. The lowest BCUT2D eigenvalue weighted by atomic mass is 10.1. The Balaban J connectivity index is 1.41. The summed E-state index contributed by atoms with van der Waals surface area (Å²) in [5, 5.41) is 6.77. The summed E-state index contributed by atoms with van der Waals surface area (Å²) in [5.74, 6) is 0.895. The summed E-state index contributed by atoms with van der Waals surface area (Å²) in [4.78, 5) is 16.2. The smallest absolute Gasteiger partial charge is 0.263 e. The Labute approximate surface area is 169 Å².